The Morgan fingerprint density at radius 1 is 1.25 bits per heavy atom. The summed E-state index contributed by atoms with van der Waals surface area (Å²) in [5.74, 6) is 0.470. The molecule has 4 heteroatoms. The van der Waals surface area contributed by atoms with E-state index in [-0.39, 0.29) is 0 Å². The molecule has 0 fully saturated rings. The molecule has 2 unspecified atom stereocenters. The lowest BCUT2D eigenvalue weighted by Crippen LogP contribution is -2.22. The van der Waals surface area contributed by atoms with Gasteiger partial charge in [0.2, 0.25) is 0 Å². The van der Waals surface area contributed by atoms with Crippen LogP contribution >= 0.6 is 0 Å². The first-order valence-corrected chi connectivity index (χ1v) is 7.33. The van der Waals surface area contributed by atoms with E-state index >= 15 is 0 Å². The minimum atomic E-state index is -3.88. The summed E-state index contributed by atoms with van der Waals surface area (Å²) in [6.45, 7) is 6.63. The predicted octanol–water partition coefficient (Wildman–Crippen LogP) is 3.04. The molecule has 2 atom stereocenters. The van der Waals surface area contributed by atoms with E-state index in [1.807, 2.05) is 6.08 Å². The van der Waals surface area contributed by atoms with Crippen molar-refractivity contribution >= 4 is 10.1 Å². The first kappa shape index (κ1) is 13.7. The lowest BCUT2D eigenvalue weighted by Gasteiger charge is -2.24. The molecule has 1 aliphatic carbocycles. The fraction of sp³-hybridized carbons (Fsp3) is 0.833. The summed E-state index contributed by atoms with van der Waals surface area (Å²) >= 11 is 0. The van der Waals surface area contributed by atoms with Crippen LogP contribution in [0.25, 0.3) is 0 Å². The second-order valence-electron chi connectivity index (χ2n) is 5.88. The van der Waals surface area contributed by atoms with Crippen molar-refractivity contribution in [1.82, 2.24) is 0 Å². The van der Waals surface area contributed by atoms with Crippen molar-refractivity contribution in [3.8, 4) is 0 Å². The van der Waals surface area contributed by atoms with E-state index in [2.05, 4.69) is 20.8 Å². The van der Waals surface area contributed by atoms with Gasteiger partial charge in [-0.25, -0.2) is 0 Å². The third-order valence-corrected chi connectivity index (χ3v) is 4.23. The maximum Gasteiger partial charge on any atom is 0.271 e. The standard InChI is InChI=1S/C12H22O3S/c1-12(2,3)9-8-10-4-6-11(7-5-10)16(13,14)15/h4,6,10-11H,5,7-9H2,1-3H3,(H,13,14,15). The number of hydrogen-bond acceptors (Lipinski definition) is 2. The van der Waals surface area contributed by atoms with Crippen LogP contribution in [0.1, 0.15) is 46.5 Å². The molecule has 16 heavy (non-hydrogen) atoms. The first-order valence-electron chi connectivity index (χ1n) is 5.83. The Balaban J connectivity index is 2.47. The highest BCUT2D eigenvalue weighted by Gasteiger charge is 2.25. The molecule has 1 N–H and O–H groups in total. The Hall–Kier alpha value is -0.350. The zero-order valence-electron chi connectivity index (χ0n) is 10.3. The van der Waals surface area contributed by atoms with Gasteiger partial charge in [0.05, 0.1) is 0 Å². The van der Waals surface area contributed by atoms with E-state index < -0.39 is 15.4 Å². The summed E-state index contributed by atoms with van der Waals surface area (Å²) in [5.41, 5.74) is 0.327. The molecule has 0 aromatic heterocycles. The second kappa shape index (κ2) is 4.88. The second-order valence-corrected chi connectivity index (χ2v) is 7.51. The fourth-order valence-corrected chi connectivity index (χ4v) is 2.68. The molecule has 0 spiro atoms. The summed E-state index contributed by atoms with van der Waals surface area (Å²) in [5, 5.41) is -0.682. The SMILES string of the molecule is CC(C)(C)CCC1C=CC(S(=O)(=O)O)CC1. The van der Waals surface area contributed by atoms with Gasteiger partial charge < -0.3 is 0 Å². The van der Waals surface area contributed by atoms with E-state index in [1.165, 1.54) is 0 Å². The van der Waals surface area contributed by atoms with Crippen LogP contribution in [0.5, 0.6) is 0 Å². The molecule has 1 aliphatic rings. The molecule has 0 saturated carbocycles. The Morgan fingerprint density at radius 2 is 1.88 bits per heavy atom. The lowest BCUT2D eigenvalue weighted by atomic mass is 9.83. The van der Waals surface area contributed by atoms with Gasteiger partial charge in [-0.05, 0) is 37.0 Å². The van der Waals surface area contributed by atoms with Crippen molar-refractivity contribution in [2.75, 3.05) is 0 Å². The average Bonchev–Trinajstić information content (AvgIpc) is 2.13. The molecule has 3 nitrogen and oxygen atoms in total. The summed E-state index contributed by atoms with van der Waals surface area (Å²) in [6.07, 6.45) is 7.23. The molecule has 1 rings (SSSR count). The predicted molar refractivity (Wildman–Crippen MR) is 65.9 cm³/mol. The Kier molecular flexibility index (Phi) is 4.18. The van der Waals surface area contributed by atoms with Crippen LogP contribution in [0.2, 0.25) is 0 Å². The van der Waals surface area contributed by atoms with Crippen LogP contribution in [-0.2, 0) is 10.1 Å². The van der Waals surface area contributed by atoms with Crippen molar-refractivity contribution in [2.24, 2.45) is 11.3 Å². The molecule has 0 aromatic carbocycles. The van der Waals surface area contributed by atoms with Gasteiger partial charge in [-0.2, -0.15) is 8.42 Å². The third kappa shape index (κ3) is 4.66. The van der Waals surface area contributed by atoms with E-state index in [1.54, 1.807) is 6.08 Å². The van der Waals surface area contributed by atoms with Crippen LogP contribution in [0, 0.1) is 11.3 Å². The van der Waals surface area contributed by atoms with E-state index in [0.717, 1.165) is 19.3 Å². The van der Waals surface area contributed by atoms with Crippen molar-refractivity contribution in [3.63, 3.8) is 0 Å². The largest absolute Gasteiger partial charge is 0.285 e. The monoisotopic (exact) mass is 246 g/mol. The zero-order chi connectivity index (χ0) is 12.4. The zero-order valence-corrected chi connectivity index (χ0v) is 11.1. The average molecular weight is 246 g/mol. The van der Waals surface area contributed by atoms with Crippen LogP contribution in [0.3, 0.4) is 0 Å². The normalized spacial score (nSPS) is 27.0. The summed E-state index contributed by atoms with van der Waals surface area (Å²) in [4.78, 5) is 0. The van der Waals surface area contributed by atoms with Gasteiger partial charge in [0, 0.05) is 0 Å². The molecule has 0 bridgehead atoms. The molecule has 0 amide bonds. The van der Waals surface area contributed by atoms with E-state index in [0.29, 0.717) is 17.8 Å². The number of hydrogen-bond donors (Lipinski definition) is 1. The van der Waals surface area contributed by atoms with Crippen LogP contribution in [-0.4, -0.2) is 18.2 Å². The lowest BCUT2D eigenvalue weighted by molar-refractivity contribution is 0.329. The molecule has 94 valence electrons. The van der Waals surface area contributed by atoms with Crippen LogP contribution in [0.15, 0.2) is 12.2 Å². The smallest absolute Gasteiger partial charge is 0.271 e. The molecule has 0 radical (unpaired) electrons. The Morgan fingerprint density at radius 3 is 2.25 bits per heavy atom. The van der Waals surface area contributed by atoms with Crippen molar-refractivity contribution in [2.45, 2.75) is 51.7 Å². The van der Waals surface area contributed by atoms with Crippen molar-refractivity contribution in [1.29, 1.82) is 0 Å². The number of rotatable bonds is 3. The van der Waals surface area contributed by atoms with Gasteiger partial charge in [0.25, 0.3) is 10.1 Å². The topological polar surface area (TPSA) is 54.4 Å². The van der Waals surface area contributed by atoms with Gasteiger partial charge in [-0.15, -0.1) is 0 Å². The van der Waals surface area contributed by atoms with E-state index in [4.69, 9.17) is 4.55 Å². The first-order chi connectivity index (χ1) is 7.18. The van der Waals surface area contributed by atoms with Crippen LogP contribution in [0.4, 0.5) is 0 Å². The summed E-state index contributed by atoms with van der Waals surface area (Å²) in [7, 11) is -3.88. The maximum absolute atomic E-state index is 10.9. The van der Waals surface area contributed by atoms with Gasteiger partial charge in [-0.3, -0.25) is 4.55 Å². The molecule has 0 saturated heterocycles. The Labute approximate surface area is 98.7 Å². The maximum atomic E-state index is 10.9. The van der Waals surface area contributed by atoms with Gasteiger partial charge in [0.1, 0.15) is 5.25 Å². The summed E-state index contributed by atoms with van der Waals surface area (Å²) < 4.78 is 30.7. The minimum absolute atomic E-state index is 0.327. The van der Waals surface area contributed by atoms with Crippen LogP contribution < -0.4 is 0 Å². The van der Waals surface area contributed by atoms with Gasteiger partial charge in [-0.1, -0.05) is 32.9 Å². The quantitative estimate of drug-likeness (QED) is 0.615. The highest BCUT2D eigenvalue weighted by atomic mass is 32.2. The third-order valence-electron chi connectivity index (χ3n) is 3.07. The van der Waals surface area contributed by atoms with Crippen molar-refractivity contribution < 1.29 is 13.0 Å². The molecular formula is C12H22O3S. The summed E-state index contributed by atoms with van der Waals surface area (Å²) in [6, 6.07) is 0. The van der Waals surface area contributed by atoms with Crippen molar-refractivity contribution in [3.05, 3.63) is 12.2 Å². The number of allylic oxidation sites excluding steroid dienone is 1. The fourth-order valence-electron chi connectivity index (χ4n) is 1.96. The highest BCUT2D eigenvalue weighted by Crippen LogP contribution is 2.30. The van der Waals surface area contributed by atoms with Gasteiger partial charge in [0.15, 0.2) is 0 Å². The molecule has 0 aromatic rings. The van der Waals surface area contributed by atoms with E-state index in [9.17, 15) is 8.42 Å². The highest BCUT2D eigenvalue weighted by molar-refractivity contribution is 7.86. The Bertz CT molecular complexity index is 349. The molecular weight excluding hydrogens is 224 g/mol. The van der Waals surface area contributed by atoms with Gasteiger partial charge >= 0.3 is 0 Å². The minimum Gasteiger partial charge on any atom is -0.285 e. The molecule has 0 aliphatic heterocycles. The molecule has 0 heterocycles.